The van der Waals surface area contributed by atoms with E-state index in [1.54, 1.807) is 0 Å². The molecule has 1 aliphatic carbocycles. The average Bonchev–Trinajstić information content (AvgIpc) is 3.22. The molecule has 1 amide bonds. The van der Waals surface area contributed by atoms with Gasteiger partial charge in [-0.1, -0.05) is 106 Å². The van der Waals surface area contributed by atoms with Crippen LogP contribution >= 0.6 is 0 Å². The van der Waals surface area contributed by atoms with E-state index in [1.807, 2.05) is 36.4 Å². The quantitative estimate of drug-likeness (QED) is 0.254. The Hall–Kier alpha value is -3.15. The van der Waals surface area contributed by atoms with Gasteiger partial charge in [-0.25, -0.2) is 4.79 Å². The Bertz CT molecular complexity index is 1230. The van der Waals surface area contributed by atoms with Crippen LogP contribution in [0.15, 0.2) is 78.9 Å². The highest BCUT2D eigenvalue weighted by Gasteiger charge is 2.37. The summed E-state index contributed by atoms with van der Waals surface area (Å²) in [6.07, 6.45) is 4.59. The van der Waals surface area contributed by atoms with E-state index in [4.69, 9.17) is 9.16 Å². The van der Waals surface area contributed by atoms with Gasteiger partial charge in [-0.05, 0) is 57.9 Å². The van der Waals surface area contributed by atoms with Gasteiger partial charge in [0.2, 0.25) is 0 Å². The summed E-state index contributed by atoms with van der Waals surface area (Å²) in [5.41, 5.74) is 7.41. The summed E-state index contributed by atoms with van der Waals surface area (Å²) < 4.78 is 11.9. The van der Waals surface area contributed by atoms with Crippen molar-refractivity contribution >= 4 is 20.5 Å². The molecule has 0 aliphatic heterocycles. The summed E-state index contributed by atoms with van der Waals surface area (Å²) in [5.74, 6) is 0. The standard InChI is InChI=1S/C31H37NO3Si/c1-31(2,3)36(4,5)35-22-27(32-30(33)34-21-24-11-7-6-8-12-24)17-15-23-16-18-29-26(19-23)20-25-13-9-10-14-28(25)29/h6-19,27H,20-22H2,1-5H3,(H,32,33)/b17-15+. The van der Waals surface area contributed by atoms with Gasteiger partial charge in [0.05, 0.1) is 12.6 Å². The lowest BCUT2D eigenvalue weighted by Crippen LogP contribution is -2.45. The van der Waals surface area contributed by atoms with E-state index in [1.165, 1.54) is 22.3 Å². The number of alkyl carbamates (subject to hydrolysis) is 1. The highest BCUT2D eigenvalue weighted by molar-refractivity contribution is 6.74. The molecule has 188 valence electrons. The number of ether oxygens (including phenoxy) is 1. The van der Waals surface area contributed by atoms with Crippen LogP contribution in [0.3, 0.4) is 0 Å². The highest BCUT2D eigenvalue weighted by atomic mass is 28.4. The van der Waals surface area contributed by atoms with Gasteiger partial charge in [0.25, 0.3) is 0 Å². The normalized spacial score (nSPS) is 13.8. The van der Waals surface area contributed by atoms with Crippen molar-refractivity contribution in [2.24, 2.45) is 0 Å². The zero-order valence-corrected chi connectivity index (χ0v) is 23.0. The van der Waals surface area contributed by atoms with Crippen molar-refractivity contribution in [1.82, 2.24) is 5.32 Å². The van der Waals surface area contributed by atoms with Crippen LogP contribution in [0, 0.1) is 0 Å². The van der Waals surface area contributed by atoms with Crippen LogP contribution in [0.1, 0.15) is 43.0 Å². The lowest BCUT2D eigenvalue weighted by Gasteiger charge is -2.37. The number of hydrogen-bond donors (Lipinski definition) is 1. The number of hydrogen-bond acceptors (Lipinski definition) is 3. The lowest BCUT2D eigenvalue weighted by molar-refractivity contribution is 0.133. The predicted octanol–water partition coefficient (Wildman–Crippen LogP) is 7.59. The van der Waals surface area contributed by atoms with Gasteiger partial charge in [0.1, 0.15) is 6.61 Å². The molecule has 0 spiro atoms. The minimum Gasteiger partial charge on any atom is -0.445 e. The van der Waals surface area contributed by atoms with Crippen LogP contribution in [-0.2, 0) is 22.2 Å². The Kier molecular flexibility index (Phi) is 7.81. The molecule has 3 aromatic rings. The first kappa shape index (κ1) is 25.9. The van der Waals surface area contributed by atoms with E-state index in [0.29, 0.717) is 6.61 Å². The molecule has 0 heterocycles. The minimum atomic E-state index is -1.97. The Labute approximate surface area is 216 Å². The van der Waals surface area contributed by atoms with Crippen LogP contribution in [0.2, 0.25) is 18.1 Å². The SMILES string of the molecule is CC(C)(C)[Si](C)(C)OCC(/C=C/c1ccc2c(c1)Cc1ccccc1-2)NC(=O)OCc1ccccc1. The van der Waals surface area contributed by atoms with Crippen LogP contribution < -0.4 is 5.32 Å². The van der Waals surface area contributed by atoms with E-state index < -0.39 is 14.4 Å². The second-order valence-corrected chi connectivity index (χ2v) is 15.8. The largest absolute Gasteiger partial charge is 0.445 e. The van der Waals surface area contributed by atoms with E-state index in [9.17, 15) is 4.79 Å². The van der Waals surface area contributed by atoms with Gasteiger partial charge in [-0.3, -0.25) is 0 Å². The molecule has 1 atom stereocenters. The molecule has 5 heteroatoms. The maximum absolute atomic E-state index is 12.6. The monoisotopic (exact) mass is 499 g/mol. The summed E-state index contributed by atoms with van der Waals surface area (Å²) in [7, 11) is -1.97. The van der Waals surface area contributed by atoms with Crippen LogP contribution in [-0.4, -0.2) is 27.1 Å². The third kappa shape index (κ3) is 6.34. The van der Waals surface area contributed by atoms with Crippen LogP contribution in [0.25, 0.3) is 17.2 Å². The van der Waals surface area contributed by atoms with Gasteiger partial charge < -0.3 is 14.5 Å². The number of rotatable bonds is 8. The van der Waals surface area contributed by atoms with Crippen molar-refractivity contribution in [3.8, 4) is 11.1 Å². The maximum Gasteiger partial charge on any atom is 0.408 e. The van der Waals surface area contributed by atoms with Crippen molar-refractivity contribution in [2.75, 3.05) is 6.61 Å². The fraction of sp³-hybridized carbons (Fsp3) is 0.323. The molecule has 0 radical (unpaired) electrons. The number of carbonyl (C=O) groups excluding carboxylic acids is 1. The number of nitrogens with one attached hydrogen (secondary N) is 1. The molecule has 36 heavy (non-hydrogen) atoms. The first-order valence-corrected chi connectivity index (χ1v) is 15.5. The molecule has 4 nitrogen and oxygen atoms in total. The van der Waals surface area contributed by atoms with Gasteiger partial charge in [0.15, 0.2) is 8.32 Å². The van der Waals surface area contributed by atoms with Gasteiger partial charge in [-0.15, -0.1) is 0 Å². The van der Waals surface area contributed by atoms with E-state index in [0.717, 1.165) is 17.5 Å². The molecule has 0 fully saturated rings. The molecule has 0 saturated carbocycles. The summed E-state index contributed by atoms with van der Waals surface area (Å²) in [5, 5.41) is 3.08. The Balaban J connectivity index is 1.46. The molecule has 0 aromatic heterocycles. The second kappa shape index (κ2) is 10.9. The molecule has 4 rings (SSSR count). The minimum absolute atomic E-state index is 0.0874. The molecular weight excluding hydrogens is 462 g/mol. The third-order valence-corrected chi connectivity index (χ3v) is 11.8. The average molecular weight is 500 g/mol. The summed E-state index contributed by atoms with van der Waals surface area (Å²) in [6.45, 7) is 11.7. The van der Waals surface area contributed by atoms with Crippen molar-refractivity contribution in [3.05, 3.63) is 101 Å². The van der Waals surface area contributed by atoms with Crippen molar-refractivity contribution in [2.45, 2.75) is 58.0 Å². The first-order chi connectivity index (χ1) is 17.1. The van der Waals surface area contributed by atoms with Gasteiger partial charge >= 0.3 is 6.09 Å². The fourth-order valence-electron chi connectivity index (χ4n) is 4.07. The van der Waals surface area contributed by atoms with Crippen molar-refractivity contribution < 1.29 is 14.0 Å². The number of benzene rings is 3. The molecule has 0 bridgehead atoms. The van der Waals surface area contributed by atoms with Gasteiger partial charge in [-0.2, -0.15) is 0 Å². The molecule has 1 unspecified atom stereocenters. The predicted molar refractivity (Wildman–Crippen MR) is 150 cm³/mol. The zero-order valence-electron chi connectivity index (χ0n) is 22.0. The number of fused-ring (bicyclic) bond motifs is 3. The summed E-state index contributed by atoms with van der Waals surface area (Å²) in [6, 6.07) is 24.6. The topological polar surface area (TPSA) is 47.6 Å². The van der Waals surface area contributed by atoms with Crippen LogP contribution in [0.4, 0.5) is 4.79 Å². The zero-order chi connectivity index (χ0) is 25.8. The number of amides is 1. The van der Waals surface area contributed by atoms with E-state index in [2.05, 4.69) is 87.7 Å². The van der Waals surface area contributed by atoms with Crippen molar-refractivity contribution in [1.29, 1.82) is 0 Å². The Morgan fingerprint density at radius 1 is 0.972 bits per heavy atom. The first-order valence-electron chi connectivity index (χ1n) is 12.6. The van der Waals surface area contributed by atoms with E-state index in [-0.39, 0.29) is 17.7 Å². The van der Waals surface area contributed by atoms with E-state index >= 15 is 0 Å². The smallest absolute Gasteiger partial charge is 0.408 e. The fourth-order valence-corrected chi connectivity index (χ4v) is 5.10. The van der Waals surface area contributed by atoms with Gasteiger partial charge in [0, 0.05) is 0 Å². The van der Waals surface area contributed by atoms with Crippen LogP contribution in [0.5, 0.6) is 0 Å². The summed E-state index contributed by atoms with van der Waals surface area (Å²) >= 11 is 0. The Morgan fingerprint density at radius 3 is 2.42 bits per heavy atom. The van der Waals surface area contributed by atoms with Crippen molar-refractivity contribution in [3.63, 3.8) is 0 Å². The number of carbonyl (C=O) groups is 1. The third-order valence-electron chi connectivity index (χ3n) is 7.28. The highest BCUT2D eigenvalue weighted by Crippen LogP contribution is 2.37. The molecular formula is C31H37NO3Si. The molecule has 3 aromatic carbocycles. The Morgan fingerprint density at radius 2 is 1.67 bits per heavy atom. The molecule has 1 aliphatic rings. The summed E-state index contributed by atoms with van der Waals surface area (Å²) in [4.78, 5) is 12.6. The lowest BCUT2D eigenvalue weighted by atomic mass is 10.0. The molecule has 1 N–H and O–H groups in total. The molecule has 0 saturated heterocycles. The second-order valence-electron chi connectivity index (χ2n) is 11.0. The maximum atomic E-state index is 12.6.